The van der Waals surface area contributed by atoms with Crippen molar-refractivity contribution in [2.45, 2.75) is 52.3 Å². The second-order valence-corrected chi connectivity index (χ2v) is 7.20. The number of carbonyl (C=O) groups is 1. The molecule has 2 aliphatic rings. The van der Waals surface area contributed by atoms with E-state index in [0.29, 0.717) is 12.1 Å². The van der Waals surface area contributed by atoms with Crippen LogP contribution >= 0.6 is 0 Å². The molecule has 0 atom stereocenters. The number of piperazine rings is 1. The molecule has 0 spiro atoms. The minimum Gasteiger partial charge on any atom is -0.444 e. The highest BCUT2D eigenvalue weighted by Crippen LogP contribution is 2.20. The zero-order valence-corrected chi connectivity index (χ0v) is 13.6. The van der Waals surface area contributed by atoms with Crippen LogP contribution in [0.4, 0.5) is 4.79 Å². The molecule has 0 N–H and O–H groups in total. The van der Waals surface area contributed by atoms with E-state index < -0.39 is 5.60 Å². The lowest BCUT2D eigenvalue weighted by atomic mass is 10.1. The highest BCUT2D eigenvalue weighted by Gasteiger charge is 2.38. The predicted molar refractivity (Wildman–Crippen MR) is 79.9 cm³/mol. The van der Waals surface area contributed by atoms with Crippen LogP contribution in [0.25, 0.3) is 0 Å². The van der Waals surface area contributed by atoms with Gasteiger partial charge in [-0.25, -0.2) is 4.79 Å². The normalized spacial score (nSPS) is 23.0. The van der Waals surface area contributed by atoms with Crippen LogP contribution in [-0.2, 0) is 4.74 Å². The van der Waals surface area contributed by atoms with Crippen molar-refractivity contribution in [3.63, 3.8) is 0 Å². The van der Waals surface area contributed by atoms with Gasteiger partial charge in [0.25, 0.3) is 0 Å². The summed E-state index contributed by atoms with van der Waals surface area (Å²) in [6.07, 6.45) is -0.172. The fourth-order valence-corrected chi connectivity index (χ4v) is 2.78. The molecule has 5 heteroatoms. The van der Waals surface area contributed by atoms with Crippen LogP contribution in [0.3, 0.4) is 0 Å². The summed E-state index contributed by atoms with van der Waals surface area (Å²) in [6, 6.07) is 1.16. The zero-order chi connectivity index (χ0) is 14.9. The first kappa shape index (κ1) is 15.6. The van der Waals surface area contributed by atoms with Crippen LogP contribution in [0.2, 0.25) is 0 Å². The number of carbonyl (C=O) groups excluding carboxylic acids is 1. The van der Waals surface area contributed by atoms with Crippen molar-refractivity contribution in [3.05, 3.63) is 0 Å². The number of nitrogens with zero attached hydrogens (tertiary/aromatic N) is 3. The Morgan fingerprint density at radius 1 is 1.10 bits per heavy atom. The summed E-state index contributed by atoms with van der Waals surface area (Å²) in [6.45, 7) is 16.4. The van der Waals surface area contributed by atoms with Crippen molar-refractivity contribution in [1.29, 1.82) is 0 Å². The van der Waals surface area contributed by atoms with E-state index in [-0.39, 0.29) is 6.09 Å². The number of rotatable bonds is 2. The van der Waals surface area contributed by atoms with Crippen molar-refractivity contribution in [1.82, 2.24) is 14.7 Å². The minimum atomic E-state index is -0.398. The molecule has 0 unspecified atom stereocenters. The molecule has 0 bridgehead atoms. The standard InChI is InChI=1S/C15H29N3O2/c1-12(2)16-6-8-17(9-7-16)13-10-18(11-13)14(19)20-15(3,4)5/h12-13H,6-11H2,1-5H3. The van der Waals surface area contributed by atoms with Crippen LogP contribution in [0, 0.1) is 0 Å². The Morgan fingerprint density at radius 3 is 2.10 bits per heavy atom. The summed E-state index contributed by atoms with van der Waals surface area (Å²) in [5.41, 5.74) is -0.398. The summed E-state index contributed by atoms with van der Waals surface area (Å²) in [4.78, 5) is 18.7. The molecule has 2 fully saturated rings. The van der Waals surface area contributed by atoms with E-state index >= 15 is 0 Å². The maximum Gasteiger partial charge on any atom is 0.410 e. The third kappa shape index (κ3) is 3.85. The highest BCUT2D eigenvalue weighted by molar-refractivity contribution is 5.69. The average Bonchev–Trinajstić information content (AvgIpc) is 2.25. The molecule has 116 valence electrons. The zero-order valence-electron chi connectivity index (χ0n) is 13.6. The van der Waals surface area contributed by atoms with Gasteiger partial charge in [0.15, 0.2) is 0 Å². The molecule has 0 aromatic rings. The molecule has 0 radical (unpaired) electrons. The Morgan fingerprint density at radius 2 is 1.65 bits per heavy atom. The Labute approximate surface area is 122 Å². The summed E-state index contributed by atoms with van der Waals surface area (Å²) >= 11 is 0. The summed E-state index contributed by atoms with van der Waals surface area (Å²) < 4.78 is 5.39. The number of likely N-dealkylation sites (tertiary alicyclic amines) is 1. The molecule has 2 saturated heterocycles. The molecular weight excluding hydrogens is 254 g/mol. The SMILES string of the molecule is CC(C)N1CCN(C2CN(C(=O)OC(C)(C)C)C2)CC1. The average molecular weight is 283 g/mol. The summed E-state index contributed by atoms with van der Waals surface area (Å²) in [5, 5.41) is 0. The van der Waals surface area contributed by atoms with Crippen LogP contribution in [-0.4, -0.2) is 77.7 Å². The second kappa shape index (κ2) is 5.90. The van der Waals surface area contributed by atoms with E-state index in [0.717, 1.165) is 39.3 Å². The van der Waals surface area contributed by atoms with E-state index in [4.69, 9.17) is 4.74 Å². The number of hydrogen-bond donors (Lipinski definition) is 0. The van der Waals surface area contributed by atoms with E-state index in [1.54, 1.807) is 0 Å². The van der Waals surface area contributed by atoms with Crippen LogP contribution in [0.15, 0.2) is 0 Å². The van der Waals surface area contributed by atoms with E-state index in [1.165, 1.54) is 0 Å². The van der Waals surface area contributed by atoms with Gasteiger partial charge < -0.3 is 9.64 Å². The van der Waals surface area contributed by atoms with Gasteiger partial charge in [-0.2, -0.15) is 0 Å². The predicted octanol–water partition coefficient (Wildman–Crippen LogP) is 1.63. The summed E-state index contributed by atoms with van der Waals surface area (Å²) in [5.74, 6) is 0. The van der Waals surface area contributed by atoms with Crippen molar-refractivity contribution in [2.24, 2.45) is 0 Å². The van der Waals surface area contributed by atoms with E-state index in [1.807, 2.05) is 25.7 Å². The molecule has 0 aromatic heterocycles. The third-order valence-corrected chi connectivity index (χ3v) is 4.11. The van der Waals surface area contributed by atoms with Gasteiger partial charge in [0.05, 0.1) is 0 Å². The van der Waals surface area contributed by atoms with Crippen molar-refractivity contribution in [3.8, 4) is 0 Å². The summed E-state index contributed by atoms with van der Waals surface area (Å²) in [7, 11) is 0. The van der Waals surface area contributed by atoms with Gasteiger partial charge in [-0.1, -0.05) is 0 Å². The lowest BCUT2D eigenvalue weighted by Crippen LogP contribution is -2.64. The van der Waals surface area contributed by atoms with Crippen LogP contribution in [0.5, 0.6) is 0 Å². The number of amides is 1. The molecule has 1 amide bonds. The van der Waals surface area contributed by atoms with Gasteiger partial charge in [-0.15, -0.1) is 0 Å². The molecule has 0 saturated carbocycles. The number of hydrogen-bond acceptors (Lipinski definition) is 4. The smallest absolute Gasteiger partial charge is 0.410 e. The molecule has 2 aliphatic heterocycles. The third-order valence-electron chi connectivity index (χ3n) is 4.11. The number of ether oxygens (including phenoxy) is 1. The fourth-order valence-electron chi connectivity index (χ4n) is 2.78. The molecule has 0 aliphatic carbocycles. The van der Waals surface area contributed by atoms with E-state index in [2.05, 4.69) is 23.6 Å². The Kier molecular flexibility index (Phi) is 4.59. The quantitative estimate of drug-likeness (QED) is 0.772. The van der Waals surface area contributed by atoms with Gasteiger partial charge in [0.1, 0.15) is 5.60 Å². The van der Waals surface area contributed by atoms with Crippen LogP contribution < -0.4 is 0 Å². The Bertz CT molecular complexity index is 338. The topological polar surface area (TPSA) is 36.0 Å². The lowest BCUT2D eigenvalue weighted by Gasteiger charge is -2.48. The van der Waals surface area contributed by atoms with Gasteiger partial charge in [0.2, 0.25) is 0 Å². The van der Waals surface area contributed by atoms with Crippen molar-refractivity contribution >= 4 is 6.09 Å². The van der Waals surface area contributed by atoms with Crippen molar-refractivity contribution < 1.29 is 9.53 Å². The molecule has 2 heterocycles. The maximum atomic E-state index is 11.9. The van der Waals surface area contributed by atoms with Gasteiger partial charge >= 0.3 is 6.09 Å². The minimum absolute atomic E-state index is 0.172. The maximum absolute atomic E-state index is 11.9. The molecule has 5 nitrogen and oxygen atoms in total. The first-order chi connectivity index (χ1) is 9.26. The van der Waals surface area contributed by atoms with Gasteiger partial charge in [-0.3, -0.25) is 9.80 Å². The van der Waals surface area contributed by atoms with Crippen LogP contribution in [0.1, 0.15) is 34.6 Å². The largest absolute Gasteiger partial charge is 0.444 e. The molecular formula is C15H29N3O2. The molecule has 2 rings (SSSR count). The lowest BCUT2D eigenvalue weighted by molar-refractivity contribution is -0.0267. The van der Waals surface area contributed by atoms with Gasteiger partial charge in [0, 0.05) is 51.4 Å². The first-order valence-corrected chi connectivity index (χ1v) is 7.72. The monoisotopic (exact) mass is 283 g/mol. The Balaban J connectivity index is 1.71. The second-order valence-electron chi connectivity index (χ2n) is 7.20. The molecule has 20 heavy (non-hydrogen) atoms. The Hall–Kier alpha value is -0.810. The molecule has 0 aromatic carbocycles. The van der Waals surface area contributed by atoms with Gasteiger partial charge in [-0.05, 0) is 34.6 Å². The first-order valence-electron chi connectivity index (χ1n) is 7.72. The van der Waals surface area contributed by atoms with Crippen molar-refractivity contribution in [2.75, 3.05) is 39.3 Å². The van der Waals surface area contributed by atoms with E-state index in [9.17, 15) is 4.79 Å². The fraction of sp³-hybridized carbons (Fsp3) is 0.933. The highest BCUT2D eigenvalue weighted by atomic mass is 16.6.